The highest BCUT2D eigenvalue weighted by Gasteiger charge is 2.12. The van der Waals surface area contributed by atoms with E-state index in [0.29, 0.717) is 0 Å². The van der Waals surface area contributed by atoms with Crippen LogP contribution in [0.4, 0.5) is 0 Å². The van der Waals surface area contributed by atoms with E-state index >= 15 is 0 Å². The molecule has 5 aromatic rings. The first-order valence-corrected chi connectivity index (χ1v) is 7.55. The van der Waals surface area contributed by atoms with Crippen molar-refractivity contribution in [3.63, 3.8) is 0 Å². The van der Waals surface area contributed by atoms with Crippen molar-refractivity contribution in [1.82, 2.24) is 0 Å². The van der Waals surface area contributed by atoms with E-state index in [0.717, 1.165) is 0 Å². The molecule has 0 amide bonds. The van der Waals surface area contributed by atoms with E-state index in [9.17, 15) is 0 Å². The Balaban J connectivity index is 2.07. The third-order valence-corrected chi connectivity index (χ3v) is 4.51. The molecular formula is C22H13. The Morgan fingerprint density at radius 3 is 2.45 bits per heavy atom. The molecule has 0 saturated carbocycles. The lowest BCUT2D eigenvalue weighted by atomic mass is 9.89. The lowest BCUT2D eigenvalue weighted by Crippen LogP contribution is -1.87. The number of hydrogen-bond donors (Lipinski definition) is 0. The SMILES string of the molecule is [c]1ccc2cc(-c3ccccc3)c3cccc4ccc1c2c43. The molecule has 0 heteroatoms. The van der Waals surface area contributed by atoms with Gasteiger partial charge in [-0.05, 0) is 55.6 Å². The molecule has 0 unspecified atom stereocenters. The Labute approximate surface area is 129 Å². The van der Waals surface area contributed by atoms with Gasteiger partial charge in [0.2, 0.25) is 0 Å². The van der Waals surface area contributed by atoms with Gasteiger partial charge in [-0.3, -0.25) is 0 Å². The molecule has 0 nitrogen and oxygen atoms in total. The van der Waals surface area contributed by atoms with Crippen molar-refractivity contribution >= 4 is 32.3 Å². The highest BCUT2D eigenvalue weighted by Crippen LogP contribution is 2.39. The zero-order valence-corrected chi connectivity index (χ0v) is 12.0. The minimum Gasteiger partial charge on any atom is -0.0622 e. The Bertz CT molecular complexity index is 1100. The summed E-state index contributed by atoms with van der Waals surface area (Å²) in [5.41, 5.74) is 2.57. The van der Waals surface area contributed by atoms with Crippen molar-refractivity contribution in [1.29, 1.82) is 0 Å². The highest BCUT2D eigenvalue weighted by atomic mass is 14.1. The van der Waals surface area contributed by atoms with Crippen LogP contribution in [0.25, 0.3) is 43.4 Å². The second kappa shape index (κ2) is 4.32. The molecule has 0 aromatic heterocycles. The van der Waals surface area contributed by atoms with Crippen molar-refractivity contribution < 1.29 is 0 Å². The van der Waals surface area contributed by atoms with Crippen LogP contribution in [-0.4, -0.2) is 0 Å². The molecule has 0 N–H and O–H groups in total. The fourth-order valence-electron chi connectivity index (χ4n) is 3.54. The van der Waals surface area contributed by atoms with Gasteiger partial charge in [0.05, 0.1) is 0 Å². The summed E-state index contributed by atoms with van der Waals surface area (Å²) in [5, 5.41) is 7.79. The van der Waals surface area contributed by atoms with Crippen LogP contribution < -0.4 is 0 Å². The molecule has 0 atom stereocenters. The second-order valence-corrected chi connectivity index (χ2v) is 5.75. The van der Waals surface area contributed by atoms with Gasteiger partial charge < -0.3 is 0 Å². The van der Waals surface area contributed by atoms with Crippen molar-refractivity contribution in [2.45, 2.75) is 0 Å². The lowest BCUT2D eigenvalue weighted by molar-refractivity contribution is 1.67. The molecule has 0 heterocycles. The van der Waals surface area contributed by atoms with E-state index in [1.165, 1.54) is 43.4 Å². The zero-order valence-electron chi connectivity index (χ0n) is 12.0. The van der Waals surface area contributed by atoms with E-state index < -0.39 is 0 Å². The monoisotopic (exact) mass is 277 g/mol. The smallest absolute Gasteiger partial charge is 0.00201 e. The van der Waals surface area contributed by atoms with Crippen LogP contribution in [0.3, 0.4) is 0 Å². The summed E-state index contributed by atoms with van der Waals surface area (Å²) < 4.78 is 0. The first kappa shape index (κ1) is 11.8. The van der Waals surface area contributed by atoms with Crippen LogP contribution >= 0.6 is 0 Å². The van der Waals surface area contributed by atoms with Crippen molar-refractivity contribution in [3.8, 4) is 11.1 Å². The highest BCUT2D eigenvalue weighted by molar-refractivity contribution is 6.26. The molecule has 101 valence electrons. The minimum atomic E-state index is 1.20. The zero-order chi connectivity index (χ0) is 14.5. The van der Waals surface area contributed by atoms with Gasteiger partial charge in [0, 0.05) is 0 Å². The topological polar surface area (TPSA) is 0 Å². The summed E-state index contributed by atoms with van der Waals surface area (Å²) >= 11 is 0. The summed E-state index contributed by atoms with van der Waals surface area (Å²) in [6.07, 6.45) is 0. The predicted molar refractivity (Wildman–Crippen MR) is 94.4 cm³/mol. The Morgan fingerprint density at radius 2 is 1.55 bits per heavy atom. The molecule has 0 aliphatic heterocycles. The third kappa shape index (κ3) is 1.52. The molecule has 5 rings (SSSR count). The second-order valence-electron chi connectivity index (χ2n) is 5.75. The minimum absolute atomic E-state index is 1.20. The van der Waals surface area contributed by atoms with Crippen LogP contribution in [0.15, 0.2) is 78.9 Å². The lowest BCUT2D eigenvalue weighted by Gasteiger charge is -2.14. The molecule has 0 fully saturated rings. The number of benzene rings is 5. The molecule has 22 heavy (non-hydrogen) atoms. The van der Waals surface area contributed by atoms with E-state index in [-0.39, 0.29) is 0 Å². The van der Waals surface area contributed by atoms with E-state index in [1.807, 2.05) is 6.07 Å². The maximum atomic E-state index is 3.37. The molecule has 0 bridgehead atoms. The summed E-state index contributed by atoms with van der Waals surface area (Å²) in [4.78, 5) is 0. The third-order valence-electron chi connectivity index (χ3n) is 4.51. The fraction of sp³-hybridized carbons (Fsp3) is 0. The first-order chi connectivity index (χ1) is 10.9. The fourth-order valence-corrected chi connectivity index (χ4v) is 3.54. The molecule has 5 aromatic carbocycles. The van der Waals surface area contributed by atoms with Gasteiger partial charge in [-0.15, -0.1) is 0 Å². The van der Waals surface area contributed by atoms with Crippen LogP contribution in [0, 0.1) is 6.07 Å². The summed E-state index contributed by atoms with van der Waals surface area (Å²) in [6, 6.07) is 31.5. The van der Waals surface area contributed by atoms with Crippen molar-refractivity contribution in [2.75, 3.05) is 0 Å². The summed E-state index contributed by atoms with van der Waals surface area (Å²) in [5.74, 6) is 0. The van der Waals surface area contributed by atoms with Crippen LogP contribution in [0.5, 0.6) is 0 Å². The standard InChI is InChI=1S/C22H13/c1-2-6-15(7-3-1)20-14-18-10-4-8-16-12-13-17-9-5-11-19(20)22(17)21(16)18/h1-7,9-14H. The quantitative estimate of drug-likeness (QED) is 0.327. The average molecular weight is 277 g/mol. The molecule has 0 aliphatic carbocycles. The van der Waals surface area contributed by atoms with E-state index in [2.05, 4.69) is 78.9 Å². The maximum absolute atomic E-state index is 3.37. The van der Waals surface area contributed by atoms with E-state index in [1.54, 1.807) is 0 Å². The average Bonchev–Trinajstić information content (AvgIpc) is 2.60. The van der Waals surface area contributed by atoms with Gasteiger partial charge in [0.1, 0.15) is 0 Å². The van der Waals surface area contributed by atoms with Gasteiger partial charge >= 0.3 is 0 Å². The van der Waals surface area contributed by atoms with Gasteiger partial charge in [0.15, 0.2) is 0 Å². The summed E-state index contributed by atoms with van der Waals surface area (Å²) in [7, 11) is 0. The Morgan fingerprint density at radius 1 is 0.636 bits per heavy atom. The largest absolute Gasteiger partial charge is 0.0622 e. The number of rotatable bonds is 1. The predicted octanol–water partition coefficient (Wildman–Crippen LogP) is 6.05. The first-order valence-electron chi connectivity index (χ1n) is 7.55. The molecular weight excluding hydrogens is 264 g/mol. The van der Waals surface area contributed by atoms with Crippen LogP contribution in [0.1, 0.15) is 0 Å². The molecule has 0 saturated heterocycles. The van der Waals surface area contributed by atoms with Gasteiger partial charge in [0.25, 0.3) is 0 Å². The normalized spacial score (nSPS) is 11.6. The molecule has 1 radical (unpaired) electrons. The summed E-state index contributed by atoms with van der Waals surface area (Å²) in [6.45, 7) is 0. The van der Waals surface area contributed by atoms with Crippen molar-refractivity contribution in [3.05, 3.63) is 84.9 Å². The van der Waals surface area contributed by atoms with Crippen LogP contribution in [0.2, 0.25) is 0 Å². The maximum Gasteiger partial charge on any atom is -0.00201 e. The van der Waals surface area contributed by atoms with Gasteiger partial charge in [-0.2, -0.15) is 0 Å². The number of hydrogen-bond acceptors (Lipinski definition) is 0. The Hall–Kier alpha value is -2.86. The van der Waals surface area contributed by atoms with Gasteiger partial charge in [-0.25, -0.2) is 0 Å². The molecule has 0 spiro atoms. The molecule has 0 aliphatic rings. The van der Waals surface area contributed by atoms with Gasteiger partial charge in [-0.1, -0.05) is 72.8 Å². The van der Waals surface area contributed by atoms with Crippen molar-refractivity contribution in [2.24, 2.45) is 0 Å². The van der Waals surface area contributed by atoms with E-state index in [4.69, 9.17) is 0 Å². The van der Waals surface area contributed by atoms with Crippen LogP contribution in [-0.2, 0) is 0 Å². The Kier molecular flexibility index (Phi) is 2.31.